The maximum atomic E-state index is 15.2. The fourth-order valence-electron chi connectivity index (χ4n) is 5.54. The summed E-state index contributed by atoms with van der Waals surface area (Å²) in [6.07, 6.45) is 3.51. The van der Waals surface area contributed by atoms with Gasteiger partial charge >= 0.3 is 0 Å². The average Bonchev–Trinajstić information content (AvgIpc) is 3.17. The molecule has 1 saturated heterocycles. The number of anilines is 2. The van der Waals surface area contributed by atoms with Gasteiger partial charge in [-0.05, 0) is 62.4 Å². The van der Waals surface area contributed by atoms with Gasteiger partial charge in [0.1, 0.15) is 11.6 Å². The van der Waals surface area contributed by atoms with Gasteiger partial charge in [0.05, 0.1) is 41.2 Å². The van der Waals surface area contributed by atoms with Gasteiger partial charge in [-0.2, -0.15) is 0 Å². The molecule has 1 fully saturated rings. The SMILES string of the molecule is CNC1CCN(C(=O)c2ccc(Nc3ncc4c(n3)-c3ccc(Cl)cc3C(c3c(F)cccc3OC)=NC4)cc2Cl)CC1. The van der Waals surface area contributed by atoms with Crippen LogP contribution in [-0.4, -0.2) is 59.8 Å². The Morgan fingerprint density at radius 1 is 1.07 bits per heavy atom. The number of halogens is 3. The summed E-state index contributed by atoms with van der Waals surface area (Å²) in [5, 5.41) is 7.30. The van der Waals surface area contributed by atoms with Crippen LogP contribution < -0.4 is 15.4 Å². The Hall–Kier alpha value is -4.05. The highest BCUT2D eigenvalue weighted by atomic mass is 35.5. The van der Waals surface area contributed by atoms with E-state index in [9.17, 15) is 4.79 Å². The molecule has 0 spiro atoms. The first-order chi connectivity index (χ1) is 20.9. The van der Waals surface area contributed by atoms with Gasteiger partial charge < -0.3 is 20.3 Å². The maximum absolute atomic E-state index is 15.2. The van der Waals surface area contributed by atoms with E-state index in [1.807, 2.05) is 18.0 Å². The van der Waals surface area contributed by atoms with E-state index >= 15 is 4.39 Å². The van der Waals surface area contributed by atoms with Crippen LogP contribution in [0.5, 0.6) is 5.75 Å². The summed E-state index contributed by atoms with van der Waals surface area (Å²) < 4.78 is 20.6. The zero-order valence-corrected chi connectivity index (χ0v) is 25.1. The fourth-order valence-corrected chi connectivity index (χ4v) is 5.97. The van der Waals surface area contributed by atoms with Gasteiger partial charge in [-0.3, -0.25) is 9.79 Å². The van der Waals surface area contributed by atoms with Gasteiger partial charge in [0.15, 0.2) is 0 Å². The fraction of sp³-hybridized carbons (Fsp3) is 0.250. The maximum Gasteiger partial charge on any atom is 0.255 e. The Kier molecular flexibility index (Phi) is 8.30. The number of ether oxygens (including phenoxy) is 1. The van der Waals surface area contributed by atoms with Gasteiger partial charge in [0, 0.05) is 52.7 Å². The number of hydrogen-bond acceptors (Lipinski definition) is 7. The van der Waals surface area contributed by atoms with E-state index in [1.165, 1.54) is 13.2 Å². The molecule has 1 amide bonds. The van der Waals surface area contributed by atoms with Crippen molar-refractivity contribution in [2.75, 3.05) is 32.6 Å². The number of likely N-dealkylation sites (tertiary alicyclic amines) is 1. The molecule has 0 bridgehead atoms. The molecule has 2 N–H and O–H groups in total. The van der Waals surface area contributed by atoms with Crippen LogP contribution in [0, 0.1) is 5.82 Å². The molecule has 2 aliphatic heterocycles. The molecular weight excluding hydrogens is 590 g/mol. The van der Waals surface area contributed by atoms with Crippen LogP contribution in [-0.2, 0) is 6.54 Å². The Balaban J connectivity index is 1.29. The molecule has 0 atom stereocenters. The Morgan fingerprint density at radius 2 is 1.88 bits per heavy atom. The highest BCUT2D eigenvalue weighted by Gasteiger charge is 2.26. The van der Waals surface area contributed by atoms with Crippen molar-refractivity contribution >= 4 is 46.5 Å². The van der Waals surface area contributed by atoms with Crippen LogP contribution in [0.15, 0.2) is 65.8 Å². The third-order valence-corrected chi connectivity index (χ3v) is 8.39. The Labute approximate surface area is 258 Å². The van der Waals surface area contributed by atoms with Gasteiger partial charge in [-0.25, -0.2) is 14.4 Å². The highest BCUT2D eigenvalue weighted by molar-refractivity contribution is 6.34. The number of nitrogens with zero attached hydrogens (tertiary/aromatic N) is 4. The molecule has 2 aliphatic rings. The number of carbonyl (C=O) groups is 1. The Bertz CT molecular complexity index is 1740. The number of hydrogen-bond donors (Lipinski definition) is 2. The number of fused-ring (bicyclic) bond motifs is 3. The third-order valence-electron chi connectivity index (χ3n) is 7.84. The lowest BCUT2D eigenvalue weighted by atomic mass is 9.94. The van der Waals surface area contributed by atoms with Gasteiger partial charge in [-0.1, -0.05) is 35.3 Å². The number of methoxy groups -OCH3 is 1. The second-order valence-corrected chi connectivity index (χ2v) is 11.3. The molecule has 0 unspecified atom stereocenters. The number of carbonyl (C=O) groups excluding carboxylic acids is 1. The van der Waals surface area contributed by atoms with Crippen LogP contribution >= 0.6 is 23.2 Å². The van der Waals surface area contributed by atoms with Crippen molar-refractivity contribution in [3.63, 3.8) is 0 Å². The minimum atomic E-state index is -0.454. The molecule has 8 nitrogen and oxygen atoms in total. The predicted molar refractivity (Wildman–Crippen MR) is 167 cm³/mol. The summed E-state index contributed by atoms with van der Waals surface area (Å²) in [6, 6.07) is 15.7. The summed E-state index contributed by atoms with van der Waals surface area (Å²) >= 11 is 13.0. The molecule has 3 aromatic carbocycles. The van der Waals surface area contributed by atoms with Crippen LogP contribution in [0.25, 0.3) is 11.3 Å². The van der Waals surface area contributed by atoms with Crippen molar-refractivity contribution < 1.29 is 13.9 Å². The molecule has 3 heterocycles. The van der Waals surface area contributed by atoms with Gasteiger partial charge in [0.2, 0.25) is 5.95 Å². The quantitative estimate of drug-likeness (QED) is 0.256. The van der Waals surface area contributed by atoms with Crippen LogP contribution in [0.1, 0.15) is 39.9 Å². The first-order valence-electron chi connectivity index (χ1n) is 13.9. The largest absolute Gasteiger partial charge is 0.496 e. The van der Waals surface area contributed by atoms with E-state index < -0.39 is 5.82 Å². The number of aliphatic imine (C=N–C) groups is 1. The smallest absolute Gasteiger partial charge is 0.255 e. The van der Waals surface area contributed by atoms with E-state index in [2.05, 4.69) is 15.6 Å². The number of amides is 1. The van der Waals surface area contributed by atoms with Crippen LogP contribution in [0.2, 0.25) is 10.0 Å². The van der Waals surface area contributed by atoms with E-state index in [1.54, 1.807) is 48.7 Å². The molecule has 43 heavy (non-hydrogen) atoms. The summed E-state index contributed by atoms with van der Waals surface area (Å²) in [7, 11) is 3.44. The molecule has 0 saturated carbocycles. The lowest BCUT2D eigenvalue weighted by molar-refractivity contribution is 0.0707. The molecular formula is C32H29Cl2FN6O2. The van der Waals surface area contributed by atoms with Crippen LogP contribution in [0.4, 0.5) is 16.0 Å². The minimum Gasteiger partial charge on any atom is -0.496 e. The van der Waals surface area contributed by atoms with Crippen molar-refractivity contribution in [1.29, 1.82) is 0 Å². The zero-order valence-electron chi connectivity index (χ0n) is 23.6. The lowest BCUT2D eigenvalue weighted by Gasteiger charge is -2.32. The predicted octanol–water partition coefficient (Wildman–Crippen LogP) is 6.52. The first-order valence-corrected chi connectivity index (χ1v) is 14.7. The standard InChI is InChI=1S/C32H29Cl2FN6O2/c1-36-20-10-12-41(13-11-20)31(42)23-9-7-21(15-25(23)34)39-32-38-17-18-16-37-30(28-26(35)4-3-5-27(28)43-2)24-14-19(33)6-8-22(24)29(18)40-32/h3-9,14-15,17,20,36H,10-13,16H2,1-2H3,(H,38,39,40). The Morgan fingerprint density at radius 3 is 2.63 bits per heavy atom. The van der Waals surface area contributed by atoms with Crippen LogP contribution in [0.3, 0.4) is 0 Å². The molecule has 4 aromatic rings. The topological polar surface area (TPSA) is 91.7 Å². The average molecular weight is 620 g/mol. The summed E-state index contributed by atoms with van der Waals surface area (Å²) in [5.74, 6) is 0.163. The summed E-state index contributed by atoms with van der Waals surface area (Å²) in [5.41, 5.74) is 4.52. The van der Waals surface area contributed by atoms with E-state index in [0.717, 1.165) is 24.0 Å². The van der Waals surface area contributed by atoms with Crippen molar-refractivity contribution in [1.82, 2.24) is 20.2 Å². The van der Waals surface area contributed by atoms with Crippen molar-refractivity contribution in [2.45, 2.75) is 25.4 Å². The van der Waals surface area contributed by atoms with Crippen molar-refractivity contribution in [3.05, 3.63) is 98.9 Å². The second kappa shape index (κ2) is 12.3. The van der Waals surface area contributed by atoms with Gasteiger partial charge in [-0.15, -0.1) is 0 Å². The van der Waals surface area contributed by atoms with Crippen molar-refractivity contribution in [3.8, 4) is 17.0 Å². The molecule has 0 radical (unpaired) electrons. The molecule has 11 heteroatoms. The van der Waals surface area contributed by atoms with E-state index in [-0.39, 0.29) is 18.0 Å². The first kappa shape index (κ1) is 29.0. The number of nitrogens with one attached hydrogen (secondary N) is 2. The molecule has 1 aromatic heterocycles. The number of benzene rings is 3. The molecule has 0 aliphatic carbocycles. The highest BCUT2D eigenvalue weighted by Crippen LogP contribution is 2.36. The molecule has 6 rings (SSSR count). The third kappa shape index (κ3) is 5.80. The zero-order chi connectivity index (χ0) is 30.1. The van der Waals surface area contributed by atoms with Gasteiger partial charge in [0.25, 0.3) is 5.91 Å². The monoisotopic (exact) mass is 618 g/mol. The van der Waals surface area contributed by atoms with E-state index in [0.29, 0.717) is 69.1 Å². The lowest BCUT2D eigenvalue weighted by Crippen LogP contribution is -2.44. The summed E-state index contributed by atoms with van der Waals surface area (Å²) in [6.45, 7) is 1.60. The van der Waals surface area contributed by atoms with Crippen molar-refractivity contribution in [2.24, 2.45) is 4.99 Å². The normalized spacial score (nSPS) is 14.8. The number of piperidine rings is 1. The number of rotatable bonds is 6. The minimum absolute atomic E-state index is 0.0788. The molecule has 220 valence electrons. The summed E-state index contributed by atoms with van der Waals surface area (Å²) in [4.78, 5) is 29.1. The second-order valence-electron chi connectivity index (χ2n) is 10.4. The van der Waals surface area contributed by atoms with E-state index in [4.69, 9.17) is 37.9 Å². The number of aromatic nitrogens is 2.